The number of hydrogen-bond acceptors (Lipinski definition) is 3. The summed E-state index contributed by atoms with van der Waals surface area (Å²) in [6.45, 7) is 5.62. The minimum Gasteiger partial charge on any atom is -0.481 e. The molecule has 1 N–H and O–H groups in total. The van der Waals surface area contributed by atoms with Crippen molar-refractivity contribution in [2.24, 2.45) is 5.92 Å². The third kappa shape index (κ3) is 2.69. The zero-order chi connectivity index (χ0) is 13.3. The standard InChI is InChI=1S/C14H26N2O2/c1-4-16(9-10(2)14(17)18)13-7-11-5-6-12(8-13)15(11)3/h10-13H,4-9H2,1-3H3,(H,17,18). The normalized spacial score (nSPS) is 33.9. The molecule has 0 spiro atoms. The molecule has 0 aliphatic carbocycles. The Bertz CT molecular complexity index is 294. The van der Waals surface area contributed by atoms with Crippen molar-refractivity contribution in [2.45, 2.75) is 57.7 Å². The van der Waals surface area contributed by atoms with Gasteiger partial charge in [-0.2, -0.15) is 0 Å². The minimum atomic E-state index is -0.677. The maximum absolute atomic E-state index is 11.0. The maximum Gasteiger partial charge on any atom is 0.307 e. The number of carboxylic acids is 1. The van der Waals surface area contributed by atoms with Gasteiger partial charge in [-0.3, -0.25) is 9.69 Å². The fourth-order valence-corrected chi connectivity index (χ4v) is 3.65. The second-order valence-corrected chi connectivity index (χ2v) is 6.00. The van der Waals surface area contributed by atoms with E-state index < -0.39 is 5.97 Å². The minimum absolute atomic E-state index is 0.262. The van der Waals surface area contributed by atoms with E-state index in [4.69, 9.17) is 5.11 Å². The summed E-state index contributed by atoms with van der Waals surface area (Å²) in [4.78, 5) is 15.9. The van der Waals surface area contributed by atoms with Crippen LogP contribution in [0.15, 0.2) is 0 Å². The highest BCUT2D eigenvalue weighted by atomic mass is 16.4. The van der Waals surface area contributed by atoms with Crippen molar-refractivity contribution in [1.82, 2.24) is 9.80 Å². The monoisotopic (exact) mass is 254 g/mol. The Morgan fingerprint density at radius 2 is 1.94 bits per heavy atom. The summed E-state index contributed by atoms with van der Waals surface area (Å²) in [6.07, 6.45) is 5.08. The average molecular weight is 254 g/mol. The van der Waals surface area contributed by atoms with Gasteiger partial charge in [-0.1, -0.05) is 13.8 Å². The van der Waals surface area contributed by atoms with E-state index in [9.17, 15) is 4.79 Å². The fraction of sp³-hybridized carbons (Fsp3) is 0.929. The van der Waals surface area contributed by atoms with Crippen LogP contribution in [-0.4, -0.2) is 59.1 Å². The molecule has 0 amide bonds. The molecule has 2 saturated heterocycles. The van der Waals surface area contributed by atoms with Crippen LogP contribution in [0.25, 0.3) is 0 Å². The first-order valence-electron chi connectivity index (χ1n) is 7.21. The molecular weight excluding hydrogens is 228 g/mol. The molecule has 2 aliphatic heterocycles. The number of carboxylic acid groups (broad SMARTS) is 1. The van der Waals surface area contributed by atoms with E-state index in [1.807, 2.05) is 6.92 Å². The van der Waals surface area contributed by atoms with Crippen LogP contribution in [0, 0.1) is 5.92 Å². The van der Waals surface area contributed by atoms with Crippen LogP contribution in [-0.2, 0) is 4.79 Å². The van der Waals surface area contributed by atoms with Crippen LogP contribution in [0.5, 0.6) is 0 Å². The molecule has 18 heavy (non-hydrogen) atoms. The highest BCUT2D eigenvalue weighted by molar-refractivity contribution is 5.69. The van der Waals surface area contributed by atoms with Gasteiger partial charge in [0.05, 0.1) is 5.92 Å². The van der Waals surface area contributed by atoms with Crippen molar-refractivity contribution >= 4 is 5.97 Å². The zero-order valence-corrected chi connectivity index (χ0v) is 11.8. The predicted octanol–water partition coefficient (Wildman–Crippen LogP) is 1.65. The van der Waals surface area contributed by atoms with Crippen LogP contribution >= 0.6 is 0 Å². The topological polar surface area (TPSA) is 43.8 Å². The highest BCUT2D eigenvalue weighted by Crippen LogP contribution is 2.36. The molecule has 2 bridgehead atoms. The van der Waals surface area contributed by atoms with Crippen molar-refractivity contribution in [2.75, 3.05) is 20.1 Å². The van der Waals surface area contributed by atoms with Crippen molar-refractivity contribution in [3.05, 3.63) is 0 Å². The Kier molecular flexibility index (Phi) is 4.28. The number of piperidine rings is 1. The molecule has 3 atom stereocenters. The lowest BCUT2D eigenvalue weighted by molar-refractivity contribution is -0.142. The highest BCUT2D eigenvalue weighted by Gasteiger charge is 2.40. The van der Waals surface area contributed by atoms with Crippen molar-refractivity contribution < 1.29 is 9.90 Å². The first-order valence-corrected chi connectivity index (χ1v) is 7.21. The van der Waals surface area contributed by atoms with Gasteiger partial charge in [0.2, 0.25) is 0 Å². The van der Waals surface area contributed by atoms with Crippen LogP contribution in [0.2, 0.25) is 0 Å². The lowest BCUT2D eigenvalue weighted by atomic mass is 9.95. The molecular formula is C14H26N2O2. The molecule has 0 saturated carbocycles. The zero-order valence-electron chi connectivity index (χ0n) is 11.8. The number of carbonyl (C=O) groups is 1. The summed E-state index contributed by atoms with van der Waals surface area (Å²) in [7, 11) is 2.24. The lowest BCUT2D eigenvalue weighted by Gasteiger charge is -2.42. The van der Waals surface area contributed by atoms with E-state index in [0.717, 1.165) is 18.6 Å². The smallest absolute Gasteiger partial charge is 0.307 e. The van der Waals surface area contributed by atoms with Gasteiger partial charge < -0.3 is 10.0 Å². The van der Waals surface area contributed by atoms with Gasteiger partial charge in [0, 0.05) is 24.7 Å². The van der Waals surface area contributed by atoms with E-state index >= 15 is 0 Å². The van der Waals surface area contributed by atoms with Gasteiger partial charge in [0.1, 0.15) is 0 Å². The van der Waals surface area contributed by atoms with Gasteiger partial charge >= 0.3 is 5.97 Å². The van der Waals surface area contributed by atoms with Crippen LogP contribution in [0.3, 0.4) is 0 Å². The molecule has 0 radical (unpaired) electrons. The first kappa shape index (κ1) is 13.8. The van der Waals surface area contributed by atoms with E-state index in [0.29, 0.717) is 12.6 Å². The van der Waals surface area contributed by atoms with Gasteiger partial charge in [0.15, 0.2) is 0 Å². The van der Waals surface area contributed by atoms with Crippen LogP contribution in [0.4, 0.5) is 0 Å². The largest absolute Gasteiger partial charge is 0.481 e. The number of rotatable bonds is 5. The second-order valence-electron chi connectivity index (χ2n) is 6.00. The van der Waals surface area contributed by atoms with E-state index in [-0.39, 0.29) is 5.92 Å². The molecule has 2 heterocycles. The number of aliphatic carboxylic acids is 1. The molecule has 0 aromatic carbocycles. The number of fused-ring (bicyclic) bond motifs is 2. The molecule has 104 valence electrons. The van der Waals surface area contributed by atoms with E-state index in [1.165, 1.54) is 25.7 Å². The quantitative estimate of drug-likeness (QED) is 0.810. The third-order valence-electron chi connectivity index (χ3n) is 4.93. The van der Waals surface area contributed by atoms with E-state index in [2.05, 4.69) is 23.8 Å². The summed E-state index contributed by atoms with van der Waals surface area (Å²) >= 11 is 0. The molecule has 2 fully saturated rings. The summed E-state index contributed by atoms with van der Waals surface area (Å²) < 4.78 is 0. The molecule has 2 rings (SSSR count). The summed E-state index contributed by atoms with van der Waals surface area (Å²) in [5, 5.41) is 9.05. The Morgan fingerprint density at radius 1 is 1.39 bits per heavy atom. The Balaban J connectivity index is 1.95. The molecule has 0 aromatic heterocycles. The number of nitrogens with zero attached hydrogens (tertiary/aromatic N) is 2. The molecule has 3 unspecified atom stereocenters. The fourth-order valence-electron chi connectivity index (χ4n) is 3.65. The van der Waals surface area contributed by atoms with Crippen molar-refractivity contribution in [3.8, 4) is 0 Å². The Morgan fingerprint density at radius 3 is 2.39 bits per heavy atom. The first-order chi connectivity index (χ1) is 8.52. The van der Waals surface area contributed by atoms with Gasteiger partial charge in [-0.15, -0.1) is 0 Å². The summed E-state index contributed by atoms with van der Waals surface area (Å²) in [6, 6.07) is 2.04. The molecule has 4 heteroatoms. The van der Waals surface area contributed by atoms with Crippen molar-refractivity contribution in [1.29, 1.82) is 0 Å². The maximum atomic E-state index is 11.0. The summed E-state index contributed by atoms with van der Waals surface area (Å²) in [5.41, 5.74) is 0. The van der Waals surface area contributed by atoms with Crippen molar-refractivity contribution in [3.63, 3.8) is 0 Å². The predicted molar refractivity (Wildman–Crippen MR) is 71.6 cm³/mol. The SMILES string of the molecule is CCN(CC(C)C(=O)O)C1CC2CCC(C1)N2C. The Labute approximate surface area is 110 Å². The van der Waals surface area contributed by atoms with Gasteiger partial charge in [-0.05, 0) is 39.3 Å². The molecule has 0 aromatic rings. The van der Waals surface area contributed by atoms with Gasteiger partial charge in [-0.25, -0.2) is 0 Å². The molecule has 2 aliphatic rings. The average Bonchev–Trinajstić information content (AvgIpc) is 2.56. The summed E-state index contributed by atoms with van der Waals surface area (Å²) in [5.74, 6) is -0.938. The van der Waals surface area contributed by atoms with Crippen LogP contribution < -0.4 is 0 Å². The third-order valence-corrected chi connectivity index (χ3v) is 4.93. The Hall–Kier alpha value is -0.610. The van der Waals surface area contributed by atoms with Gasteiger partial charge in [0.25, 0.3) is 0 Å². The van der Waals surface area contributed by atoms with E-state index in [1.54, 1.807) is 0 Å². The number of hydrogen-bond donors (Lipinski definition) is 1. The van der Waals surface area contributed by atoms with Crippen LogP contribution in [0.1, 0.15) is 39.5 Å². The molecule has 4 nitrogen and oxygen atoms in total. The second kappa shape index (κ2) is 5.57. The lowest BCUT2D eigenvalue weighted by Crippen LogP contribution is -2.50.